The van der Waals surface area contributed by atoms with Gasteiger partial charge >= 0.3 is 11.9 Å². The van der Waals surface area contributed by atoms with Crippen LogP contribution in [0.5, 0.6) is 0 Å². The quantitative estimate of drug-likeness (QED) is 0.0267. The molecule has 0 aromatic carbocycles. The summed E-state index contributed by atoms with van der Waals surface area (Å²) in [6.45, 7) is 4.63. The molecular formula is C45H83NO7. The van der Waals surface area contributed by atoms with Crippen LogP contribution in [0.2, 0.25) is 0 Å². The maximum absolute atomic E-state index is 12.7. The van der Waals surface area contributed by atoms with E-state index in [9.17, 15) is 19.5 Å². The zero-order chi connectivity index (χ0) is 39.3. The van der Waals surface area contributed by atoms with Crippen molar-refractivity contribution >= 4 is 17.9 Å². The van der Waals surface area contributed by atoms with Crippen LogP contribution in [0.25, 0.3) is 0 Å². The van der Waals surface area contributed by atoms with Crippen molar-refractivity contribution in [2.75, 3.05) is 41.0 Å². The first-order chi connectivity index (χ1) is 25.6. The molecule has 0 aromatic heterocycles. The maximum Gasteiger partial charge on any atom is 0.306 e. The fourth-order valence-electron chi connectivity index (χ4n) is 6.39. The van der Waals surface area contributed by atoms with E-state index in [2.05, 4.69) is 38.2 Å². The second kappa shape index (κ2) is 36.8. The van der Waals surface area contributed by atoms with E-state index in [0.717, 1.165) is 64.2 Å². The number of nitrogens with zero attached hydrogens (tertiary/aromatic N) is 1. The fraction of sp³-hybridized carbons (Fsp3) is 0.844. The Balaban J connectivity index is 4.36. The summed E-state index contributed by atoms with van der Waals surface area (Å²) in [5.74, 6) is -1.74. The van der Waals surface area contributed by atoms with Gasteiger partial charge in [0, 0.05) is 19.3 Å². The molecular weight excluding hydrogens is 666 g/mol. The monoisotopic (exact) mass is 750 g/mol. The summed E-state index contributed by atoms with van der Waals surface area (Å²) in [6, 6.07) is -0.725. The fourth-order valence-corrected chi connectivity index (χ4v) is 6.39. The topological polar surface area (TPSA) is 102 Å². The van der Waals surface area contributed by atoms with Crippen molar-refractivity contribution in [3.05, 3.63) is 24.3 Å². The molecule has 0 spiro atoms. The largest absolute Gasteiger partial charge is 0.544 e. The lowest BCUT2D eigenvalue weighted by Crippen LogP contribution is -2.55. The van der Waals surface area contributed by atoms with Crippen molar-refractivity contribution in [3.63, 3.8) is 0 Å². The van der Waals surface area contributed by atoms with E-state index in [1.54, 1.807) is 21.1 Å². The summed E-state index contributed by atoms with van der Waals surface area (Å²) in [7, 11) is 5.40. The number of aliphatic carboxylic acids is 1. The summed E-state index contributed by atoms with van der Waals surface area (Å²) in [5, 5.41) is 11.6. The molecule has 0 rings (SSSR count). The van der Waals surface area contributed by atoms with E-state index in [-0.39, 0.29) is 42.7 Å². The van der Waals surface area contributed by atoms with Gasteiger partial charge in [-0.3, -0.25) is 9.59 Å². The van der Waals surface area contributed by atoms with Crippen LogP contribution in [0.15, 0.2) is 24.3 Å². The summed E-state index contributed by atoms with van der Waals surface area (Å²) in [5.41, 5.74) is 0. The zero-order valence-corrected chi connectivity index (χ0v) is 35.2. The number of carboxylic acid groups (broad SMARTS) is 1. The zero-order valence-electron chi connectivity index (χ0n) is 35.2. The molecule has 8 nitrogen and oxygen atoms in total. The third-order valence-corrected chi connectivity index (χ3v) is 9.84. The molecule has 0 bridgehead atoms. The first-order valence-corrected chi connectivity index (χ1v) is 21.9. The van der Waals surface area contributed by atoms with Crippen LogP contribution in [-0.4, -0.2) is 75.5 Å². The van der Waals surface area contributed by atoms with Gasteiger partial charge in [-0.25, -0.2) is 0 Å². The second-order valence-corrected chi connectivity index (χ2v) is 15.9. The summed E-state index contributed by atoms with van der Waals surface area (Å²) >= 11 is 0. The molecule has 0 amide bonds. The Bertz CT molecular complexity index is 926. The molecule has 0 aromatic rings. The lowest BCUT2D eigenvalue weighted by Gasteiger charge is -2.34. The first-order valence-electron chi connectivity index (χ1n) is 21.9. The van der Waals surface area contributed by atoms with Crippen LogP contribution < -0.4 is 5.11 Å². The SMILES string of the molecule is CCCCC/C=C\C/C=C\CCCCCCCC(=O)OC(COCCC(C(=O)[O-])[N+](C)(C)C)COC(=O)CCCCCCCCCCCCCCCC. The van der Waals surface area contributed by atoms with Gasteiger partial charge in [-0.15, -0.1) is 0 Å². The molecule has 0 fully saturated rings. The van der Waals surface area contributed by atoms with Crippen LogP contribution in [0.1, 0.15) is 194 Å². The molecule has 0 aliphatic carbocycles. The van der Waals surface area contributed by atoms with Crippen LogP contribution in [0.4, 0.5) is 0 Å². The van der Waals surface area contributed by atoms with Gasteiger partial charge in [0.25, 0.3) is 0 Å². The molecule has 0 N–H and O–H groups in total. The molecule has 2 unspecified atom stereocenters. The second-order valence-electron chi connectivity index (χ2n) is 15.9. The molecule has 0 heterocycles. The van der Waals surface area contributed by atoms with Crippen LogP contribution in [0.3, 0.4) is 0 Å². The number of esters is 2. The highest BCUT2D eigenvalue weighted by molar-refractivity contribution is 5.70. The van der Waals surface area contributed by atoms with E-state index >= 15 is 0 Å². The Hall–Kier alpha value is -2.19. The van der Waals surface area contributed by atoms with E-state index in [0.29, 0.717) is 12.8 Å². The molecule has 310 valence electrons. The Morgan fingerprint density at radius 2 is 1.00 bits per heavy atom. The lowest BCUT2D eigenvalue weighted by molar-refractivity contribution is -0.889. The van der Waals surface area contributed by atoms with Crippen molar-refractivity contribution in [2.45, 2.75) is 206 Å². The maximum atomic E-state index is 12.7. The third kappa shape index (κ3) is 35.3. The minimum Gasteiger partial charge on any atom is -0.544 e. The molecule has 8 heteroatoms. The molecule has 0 aliphatic rings. The number of allylic oxidation sites excluding steroid dienone is 4. The van der Waals surface area contributed by atoms with Gasteiger partial charge in [0.1, 0.15) is 12.6 Å². The number of hydrogen-bond acceptors (Lipinski definition) is 7. The number of likely N-dealkylation sites (N-methyl/N-ethyl adjacent to an activating group) is 1. The van der Waals surface area contributed by atoms with Crippen LogP contribution in [0, 0.1) is 0 Å². The number of ether oxygens (including phenoxy) is 3. The third-order valence-electron chi connectivity index (χ3n) is 9.84. The number of rotatable bonds is 39. The smallest absolute Gasteiger partial charge is 0.306 e. The number of hydrogen-bond donors (Lipinski definition) is 0. The van der Waals surface area contributed by atoms with Crippen molar-refractivity contribution in [3.8, 4) is 0 Å². The van der Waals surface area contributed by atoms with E-state index < -0.39 is 18.1 Å². The van der Waals surface area contributed by atoms with Gasteiger partial charge < -0.3 is 28.6 Å². The molecule has 0 radical (unpaired) electrons. The highest BCUT2D eigenvalue weighted by Gasteiger charge is 2.25. The molecule has 0 saturated carbocycles. The van der Waals surface area contributed by atoms with Gasteiger partial charge in [-0.1, -0.05) is 154 Å². The van der Waals surface area contributed by atoms with Crippen molar-refractivity contribution in [1.82, 2.24) is 0 Å². The predicted octanol–water partition coefficient (Wildman–Crippen LogP) is 10.4. The Labute approximate surface area is 326 Å². The Morgan fingerprint density at radius 3 is 1.49 bits per heavy atom. The van der Waals surface area contributed by atoms with Gasteiger partial charge in [0.05, 0.1) is 40.3 Å². The van der Waals surface area contributed by atoms with Crippen molar-refractivity contribution in [2.24, 2.45) is 0 Å². The minimum absolute atomic E-state index is 0.0386. The average Bonchev–Trinajstić information content (AvgIpc) is 3.11. The minimum atomic E-state index is -1.13. The lowest BCUT2D eigenvalue weighted by atomic mass is 10.0. The van der Waals surface area contributed by atoms with Gasteiger partial charge in [0.15, 0.2) is 6.10 Å². The summed E-state index contributed by atoms with van der Waals surface area (Å²) < 4.78 is 17.1. The van der Waals surface area contributed by atoms with Crippen LogP contribution >= 0.6 is 0 Å². The first kappa shape index (κ1) is 50.8. The number of carboxylic acids is 1. The van der Waals surface area contributed by atoms with Gasteiger partial charge in [-0.2, -0.15) is 0 Å². The summed E-state index contributed by atoms with van der Waals surface area (Å²) in [4.78, 5) is 36.8. The predicted molar refractivity (Wildman–Crippen MR) is 217 cm³/mol. The highest BCUT2D eigenvalue weighted by atomic mass is 16.6. The normalized spacial score (nSPS) is 13.2. The van der Waals surface area contributed by atoms with Gasteiger partial charge in [0.2, 0.25) is 0 Å². The van der Waals surface area contributed by atoms with Gasteiger partial charge in [-0.05, 0) is 44.9 Å². The number of carbonyl (C=O) groups is 3. The Kier molecular flexibility index (Phi) is 35.2. The molecule has 2 atom stereocenters. The van der Waals surface area contributed by atoms with E-state index in [1.807, 2.05) is 0 Å². The molecule has 0 aliphatic heterocycles. The number of carbonyl (C=O) groups excluding carboxylic acids is 3. The number of quaternary nitrogens is 1. The highest BCUT2D eigenvalue weighted by Crippen LogP contribution is 2.15. The standard InChI is InChI=1S/C45H83NO7/c1-6-8-10-12-14-16-18-20-22-24-26-28-30-32-34-36-44(48)53-41(39-51-38-37-42(45(49)50)46(3,4)5)40-52-43(47)35-33-31-29-27-25-23-21-19-17-15-13-11-9-7-2/h14,16,20,22,41-42H,6-13,15,17-19,21,23-40H2,1-5H3/b16-14-,22-20-. The average molecular weight is 750 g/mol. The van der Waals surface area contributed by atoms with Crippen molar-refractivity contribution < 1.29 is 38.2 Å². The molecule has 0 saturated heterocycles. The van der Waals surface area contributed by atoms with Crippen molar-refractivity contribution in [1.29, 1.82) is 0 Å². The molecule has 53 heavy (non-hydrogen) atoms. The van der Waals surface area contributed by atoms with E-state index in [1.165, 1.54) is 96.3 Å². The Morgan fingerprint density at radius 1 is 0.566 bits per heavy atom. The summed E-state index contributed by atoms with van der Waals surface area (Å²) in [6.07, 6.45) is 39.0. The van der Waals surface area contributed by atoms with E-state index in [4.69, 9.17) is 14.2 Å². The van der Waals surface area contributed by atoms with Crippen LogP contribution in [-0.2, 0) is 28.6 Å². The number of unbranched alkanes of at least 4 members (excludes halogenated alkanes) is 21.